The molecule has 0 bridgehead atoms. The molecule has 1 fully saturated rings. The van der Waals surface area contributed by atoms with Crippen LogP contribution in [0.15, 0.2) is 72.3 Å². The van der Waals surface area contributed by atoms with Crippen LogP contribution in [-0.2, 0) is 9.59 Å². The molecule has 1 aliphatic rings. The first-order valence-electron chi connectivity index (χ1n) is 10.8. The number of carbonyl (C=O) groups is 2. The second-order valence-electron chi connectivity index (χ2n) is 8.04. The van der Waals surface area contributed by atoms with Crippen LogP contribution >= 0.6 is 0 Å². The van der Waals surface area contributed by atoms with Gasteiger partial charge in [-0.05, 0) is 74.4 Å². The Morgan fingerprint density at radius 2 is 1.52 bits per heavy atom. The molecule has 2 amide bonds. The van der Waals surface area contributed by atoms with Crippen LogP contribution in [-0.4, -0.2) is 25.0 Å². The molecule has 6 nitrogen and oxygen atoms in total. The zero-order valence-corrected chi connectivity index (χ0v) is 18.9. The SMILES string of the molecule is Cc1cc(C)cc(OCCOc2ccc(C)cc2C=C2C(=O)NN(c3ccccc3)C2=O)c1. The minimum Gasteiger partial charge on any atom is -0.490 e. The van der Waals surface area contributed by atoms with E-state index in [1.807, 2.05) is 69.3 Å². The number of benzene rings is 3. The summed E-state index contributed by atoms with van der Waals surface area (Å²) in [5, 5.41) is 1.25. The van der Waals surface area contributed by atoms with Gasteiger partial charge in [-0.15, -0.1) is 0 Å². The molecule has 3 aromatic rings. The van der Waals surface area contributed by atoms with Gasteiger partial charge in [-0.3, -0.25) is 15.0 Å². The van der Waals surface area contributed by atoms with Gasteiger partial charge in [0.15, 0.2) is 0 Å². The van der Waals surface area contributed by atoms with Crippen LogP contribution < -0.4 is 19.9 Å². The Balaban J connectivity index is 1.48. The Kier molecular flexibility index (Phi) is 6.45. The van der Waals surface area contributed by atoms with Crippen LogP contribution in [0.3, 0.4) is 0 Å². The molecule has 0 atom stereocenters. The predicted octanol–water partition coefficient (Wildman–Crippen LogP) is 4.53. The maximum atomic E-state index is 12.9. The van der Waals surface area contributed by atoms with Crippen molar-refractivity contribution in [3.63, 3.8) is 0 Å². The van der Waals surface area contributed by atoms with Gasteiger partial charge in [-0.25, -0.2) is 5.01 Å². The molecule has 33 heavy (non-hydrogen) atoms. The van der Waals surface area contributed by atoms with E-state index >= 15 is 0 Å². The number of para-hydroxylation sites is 1. The van der Waals surface area contributed by atoms with Crippen molar-refractivity contribution < 1.29 is 19.1 Å². The minimum absolute atomic E-state index is 0.0563. The summed E-state index contributed by atoms with van der Waals surface area (Å²) in [7, 11) is 0. The quantitative estimate of drug-likeness (QED) is 0.332. The number of hydrazine groups is 1. The number of hydrogen-bond donors (Lipinski definition) is 1. The highest BCUT2D eigenvalue weighted by Crippen LogP contribution is 2.26. The van der Waals surface area contributed by atoms with Crippen molar-refractivity contribution in [2.24, 2.45) is 0 Å². The van der Waals surface area contributed by atoms with Crippen molar-refractivity contribution in [3.8, 4) is 11.5 Å². The lowest BCUT2D eigenvalue weighted by atomic mass is 10.1. The van der Waals surface area contributed by atoms with Crippen molar-refractivity contribution >= 4 is 23.6 Å². The van der Waals surface area contributed by atoms with Crippen LogP contribution in [0.2, 0.25) is 0 Å². The molecule has 168 valence electrons. The van der Waals surface area contributed by atoms with Gasteiger partial charge in [0.2, 0.25) is 0 Å². The van der Waals surface area contributed by atoms with Crippen LogP contribution in [0.5, 0.6) is 11.5 Å². The average Bonchev–Trinajstić information content (AvgIpc) is 3.06. The van der Waals surface area contributed by atoms with Crippen LogP contribution in [0.25, 0.3) is 6.08 Å². The Hall–Kier alpha value is -4.06. The van der Waals surface area contributed by atoms with Crippen molar-refractivity contribution in [1.82, 2.24) is 5.43 Å². The number of aryl methyl sites for hydroxylation is 3. The zero-order valence-electron chi connectivity index (χ0n) is 18.9. The molecule has 1 aliphatic heterocycles. The van der Waals surface area contributed by atoms with E-state index in [0.717, 1.165) is 22.4 Å². The van der Waals surface area contributed by atoms with E-state index in [1.54, 1.807) is 18.2 Å². The third kappa shape index (κ3) is 5.23. The molecule has 1 N–H and O–H groups in total. The number of nitrogens with zero attached hydrogens (tertiary/aromatic N) is 1. The normalized spacial score (nSPS) is 14.5. The monoisotopic (exact) mass is 442 g/mol. The number of ether oxygens (including phenoxy) is 2. The minimum atomic E-state index is -0.450. The highest BCUT2D eigenvalue weighted by Gasteiger charge is 2.34. The van der Waals surface area contributed by atoms with Crippen molar-refractivity contribution in [2.75, 3.05) is 18.2 Å². The maximum absolute atomic E-state index is 12.9. The largest absolute Gasteiger partial charge is 0.490 e. The number of nitrogens with one attached hydrogen (secondary N) is 1. The van der Waals surface area contributed by atoms with Crippen LogP contribution in [0, 0.1) is 20.8 Å². The van der Waals surface area contributed by atoms with Gasteiger partial charge in [0.05, 0.1) is 5.69 Å². The fraction of sp³-hybridized carbons (Fsp3) is 0.185. The molecular weight excluding hydrogens is 416 g/mol. The molecule has 0 aliphatic carbocycles. The Morgan fingerprint density at radius 3 is 2.24 bits per heavy atom. The summed E-state index contributed by atoms with van der Waals surface area (Å²) in [4.78, 5) is 25.4. The first-order valence-corrected chi connectivity index (χ1v) is 10.8. The predicted molar refractivity (Wildman–Crippen MR) is 128 cm³/mol. The number of rotatable bonds is 7. The lowest BCUT2D eigenvalue weighted by Gasteiger charge is -2.14. The highest BCUT2D eigenvalue weighted by molar-refractivity contribution is 6.31. The van der Waals surface area contributed by atoms with Gasteiger partial charge in [-0.1, -0.05) is 35.9 Å². The molecular formula is C27H26N2O4. The van der Waals surface area contributed by atoms with Gasteiger partial charge in [0, 0.05) is 5.56 Å². The Morgan fingerprint density at radius 1 is 0.818 bits per heavy atom. The Labute approximate surface area is 193 Å². The molecule has 0 radical (unpaired) electrons. The van der Waals surface area contributed by atoms with Gasteiger partial charge in [0.25, 0.3) is 11.8 Å². The van der Waals surface area contributed by atoms with Gasteiger partial charge < -0.3 is 9.47 Å². The van der Waals surface area contributed by atoms with Gasteiger partial charge >= 0.3 is 0 Å². The summed E-state index contributed by atoms with van der Waals surface area (Å²) in [5.41, 5.74) is 7.21. The van der Waals surface area contributed by atoms with E-state index in [0.29, 0.717) is 30.2 Å². The average molecular weight is 443 g/mol. The summed E-state index contributed by atoms with van der Waals surface area (Å²) in [6.45, 7) is 6.70. The summed E-state index contributed by atoms with van der Waals surface area (Å²) in [6.07, 6.45) is 1.58. The van der Waals surface area contributed by atoms with Crippen molar-refractivity contribution in [1.29, 1.82) is 0 Å². The number of carbonyl (C=O) groups excluding carboxylic acids is 2. The molecule has 0 unspecified atom stereocenters. The van der Waals surface area contributed by atoms with Crippen LogP contribution in [0.4, 0.5) is 5.69 Å². The number of amides is 2. The van der Waals surface area contributed by atoms with E-state index in [4.69, 9.17) is 9.47 Å². The van der Waals surface area contributed by atoms with Crippen molar-refractivity contribution in [3.05, 3.63) is 94.6 Å². The molecule has 3 aromatic carbocycles. The molecule has 6 heteroatoms. The topological polar surface area (TPSA) is 67.9 Å². The molecule has 0 saturated carbocycles. The van der Waals surface area contributed by atoms with Gasteiger partial charge in [0.1, 0.15) is 30.3 Å². The van der Waals surface area contributed by atoms with E-state index in [1.165, 1.54) is 5.01 Å². The molecule has 0 aromatic heterocycles. The second-order valence-corrected chi connectivity index (χ2v) is 8.04. The van der Waals surface area contributed by atoms with E-state index in [9.17, 15) is 9.59 Å². The molecule has 1 heterocycles. The summed E-state index contributed by atoms with van der Waals surface area (Å²) in [5.74, 6) is 0.527. The Bertz CT molecular complexity index is 1200. The lowest BCUT2D eigenvalue weighted by molar-refractivity contribution is -0.117. The van der Waals surface area contributed by atoms with Gasteiger partial charge in [-0.2, -0.15) is 0 Å². The maximum Gasteiger partial charge on any atom is 0.282 e. The third-order valence-corrected chi connectivity index (χ3v) is 5.18. The third-order valence-electron chi connectivity index (χ3n) is 5.18. The van der Waals surface area contributed by atoms with E-state index in [-0.39, 0.29) is 5.57 Å². The lowest BCUT2D eigenvalue weighted by Crippen LogP contribution is -2.35. The van der Waals surface area contributed by atoms with Crippen molar-refractivity contribution in [2.45, 2.75) is 20.8 Å². The first-order chi connectivity index (χ1) is 15.9. The molecule has 0 spiro atoms. The number of anilines is 1. The summed E-state index contributed by atoms with van der Waals surface area (Å²) < 4.78 is 11.8. The van der Waals surface area contributed by atoms with Crippen LogP contribution in [0.1, 0.15) is 22.3 Å². The fourth-order valence-corrected chi connectivity index (χ4v) is 3.71. The smallest absolute Gasteiger partial charge is 0.282 e. The second kappa shape index (κ2) is 9.61. The first kappa shape index (κ1) is 22.1. The van der Waals surface area contributed by atoms with E-state index < -0.39 is 11.8 Å². The summed E-state index contributed by atoms with van der Waals surface area (Å²) in [6, 6.07) is 20.7. The highest BCUT2D eigenvalue weighted by atomic mass is 16.5. The standard InChI is InChI=1S/C27H26N2O4/c1-18-9-10-25(33-12-11-32-23-15-19(2)13-20(3)16-23)21(14-18)17-24-26(30)28-29(27(24)31)22-7-5-4-6-8-22/h4-10,13-17H,11-12H2,1-3H3,(H,28,30). The fourth-order valence-electron chi connectivity index (χ4n) is 3.71. The zero-order chi connectivity index (χ0) is 23.4. The van der Waals surface area contributed by atoms with E-state index in [2.05, 4.69) is 11.5 Å². The summed E-state index contributed by atoms with van der Waals surface area (Å²) >= 11 is 0. The molecule has 1 saturated heterocycles. The molecule has 4 rings (SSSR count). The number of hydrogen-bond acceptors (Lipinski definition) is 4.